The SMILES string of the molecule is c1ccc(-c2ccccc2N(c2ccc(-c3ccc4c(c3)oc3ccccc34)cc2)c2ccc(-c3cc4ccc5ccc6ccccc6c5c4c4ccccc34)cc2)cc1. The highest BCUT2D eigenvalue weighted by Crippen LogP contribution is 2.44. The second kappa shape index (κ2) is 13.9. The third-order valence-electron chi connectivity index (χ3n) is 12.2. The standard InChI is InChI=1S/C58H37NO/c1-2-12-39(13-3-1)47-15-8-10-20-54(47)59(45-31-26-38(27-32-45)43-30-35-51-50-18-9-11-21-55(50)60-56(51)37-43)46-33-28-41(29-34-46)53-36-44-25-24-42-23-22-40-14-4-5-16-48(40)57(42)58(44)52-19-7-6-17-49(52)53/h1-37H. The van der Waals surface area contributed by atoms with E-state index in [0.29, 0.717) is 0 Å². The van der Waals surface area contributed by atoms with Crippen molar-refractivity contribution in [2.75, 3.05) is 4.90 Å². The number of nitrogens with zero attached hydrogens (tertiary/aromatic N) is 1. The molecule has 0 aliphatic heterocycles. The molecule has 0 saturated carbocycles. The summed E-state index contributed by atoms with van der Waals surface area (Å²) in [6, 6.07) is 81.3. The molecule has 0 unspecified atom stereocenters. The first-order chi connectivity index (χ1) is 29.7. The van der Waals surface area contributed by atoms with E-state index in [1.54, 1.807) is 0 Å². The molecule has 12 aromatic rings. The lowest BCUT2D eigenvalue weighted by atomic mass is 9.89. The van der Waals surface area contributed by atoms with Crippen molar-refractivity contribution in [3.05, 3.63) is 224 Å². The first-order valence-electron chi connectivity index (χ1n) is 20.6. The predicted octanol–water partition coefficient (Wildman–Crippen LogP) is 16.7. The molecule has 0 N–H and O–H groups in total. The first-order valence-corrected chi connectivity index (χ1v) is 20.6. The van der Waals surface area contributed by atoms with Gasteiger partial charge in [-0.2, -0.15) is 0 Å². The van der Waals surface area contributed by atoms with Gasteiger partial charge < -0.3 is 9.32 Å². The van der Waals surface area contributed by atoms with Crippen LogP contribution in [-0.2, 0) is 0 Å². The van der Waals surface area contributed by atoms with Crippen molar-refractivity contribution >= 4 is 82.1 Å². The summed E-state index contributed by atoms with van der Waals surface area (Å²) in [7, 11) is 0. The third kappa shape index (κ3) is 5.57. The fourth-order valence-electron chi connectivity index (χ4n) is 9.39. The van der Waals surface area contributed by atoms with E-state index in [9.17, 15) is 0 Å². The summed E-state index contributed by atoms with van der Waals surface area (Å²) < 4.78 is 6.26. The Morgan fingerprint density at radius 3 is 1.63 bits per heavy atom. The molecule has 280 valence electrons. The topological polar surface area (TPSA) is 16.4 Å². The van der Waals surface area contributed by atoms with Gasteiger partial charge in [0, 0.05) is 27.7 Å². The number of para-hydroxylation sites is 2. The molecule has 0 fully saturated rings. The van der Waals surface area contributed by atoms with Crippen molar-refractivity contribution in [3.63, 3.8) is 0 Å². The molecule has 0 aliphatic rings. The van der Waals surface area contributed by atoms with Crippen LogP contribution in [-0.4, -0.2) is 0 Å². The van der Waals surface area contributed by atoms with Crippen LogP contribution in [0.4, 0.5) is 17.1 Å². The van der Waals surface area contributed by atoms with Gasteiger partial charge >= 0.3 is 0 Å². The Kier molecular flexibility index (Phi) is 7.89. The van der Waals surface area contributed by atoms with E-state index in [1.807, 2.05) is 12.1 Å². The van der Waals surface area contributed by atoms with Gasteiger partial charge in [0.1, 0.15) is 11.2 Å². The minimum Gasteiger partial charge on any atom is -0.456 e. The maximum absolute atomic E-state index is 6.26. The van der Waals surface area contributed by atoms with Crippen molar-refractivity contribution in [1.29, 1.82) is 0 Å². The van der Waals surface area contributed by atoms with Crippen molar-refractivity contribution in [2.45, 2.75) is 0 Å². The van der Waals surface area contributed by atoms with Gasteiger partial charge in [0.15, 0.2) is 0 Å². The van der Waals surface area contributed by atoms with E-state index in [2.05, 4.69) is 217 Å². The first kappa shape index (κ1) is 34.1. The number of hydrogen-bond acceptors (Lipinski definition) is 2. The Balaban J connectivity index is 0.984. The quantitative estimate of drug-likeness (QED) is 0.157. The Morgan fingerprint density at radius 2 is 0.833 bits per heavy atom. The molecular weight excluding hydrogens is 727 g/mol. The van der Waals surface area contributed by atoms with Crippen LogP contribution in [0.1, 0.15) is 0 Å². The van der Waals surface area contributed by atoms with Crippen molar-refractivity contribution in [3.8, 4) is 33.4 Å². The number of furan rings is 1. The van der Waals surface area contributed by atoms with E-state index < -0.39 is 0 Å². The number of anilines is 3. The van der Waals surface area contributed by atoms with E-state index in [4.69, 9.17) is 4.42 Å². The van der Waals surface area contributed by atoms with E-state index >= 15 is 0 Å². The van der Waals surface area contributed by atoms with Gasteiger partial charge in [0.2, 0.25) is 0 Å². The summed E-state index contributed by atoms with van der Waals surface area (Å²) in [4.78, 5) is 2.38. The molecule has 0 atom stereocenters. The molecule has 1 aromatic heterocycles. The van der Waals surface area contributed by atoms with Gasteiger partial charge in [0.25, 0.3) is 0 Å². The summed E-state index contributed by atoms with van der Waals surface area (Å²) in [6.45, 7) is 0. The van der Waals surface area contributed by atoms with Crippen LogP contribution in [0.2, 0.25) is 0 Å². The average molecular weight is 764 g/mol. The summed E-state index contributed by atoms with van der Waals surface area (Å²) in [5.74, 6) is 0. The molecule has 0 spiro atoms. The predicted molar refractivity (Wildman–Crippen MR) is 255 cm³/mol. The fraction of sp³-hybridized carbons (Fsp3) is 0. The second-order valence-corrected chi connectivity index (χ2v) is 15.6. The molecule has 0 amide bonds. The summed E-state index contributed by atoms with van der Waals surface area (Å²) in [6.07, 6.45) is 0. The Hall–Kier alpha value is -7.94. The van der Waals surface area contributed by atoms with Crippen LogP contribution < -0.4 is 4.90 Å². The minimum absolute atomic E-state index is 0.900. The van der Waals surface area contributed by atoms with Gasteiger partial charge in [0.05, 0.1) is 5.69 Å². The molecule has 11 aromatic carbocycles. The molecule has 0 aliphatic carbocycles. The smallest absolute Gasteiger partial charge is 0.136 e. The Bertz CT molecular complexity index is 3580. The number of rotatable bonds is 6. The molecule has 12 rings (SSSR count). The monoisotopic (exact) mass is 763 g/mol. The van der Waals surface area contributed by atoms with Crippen LogP contribution in [0.25, 0.3) is 98.4 Å². The normalized spacial score (nSPS) is 11.7. The lowest BCUT2D eigenvalue weighted by Crippen LogP contribution is -2.11. The minimum atomic E-state index is 0.900. The third-order valence-corrected chi connectivity index (χ3v) is 12.2. The van der Waals surface area contributed by atoms with E-state index in [-0.39, 0.29) is 0 Å². The highest BCUT2D eigenvalue weighted by molar-refractivity contribution is 6.29. The number of benzene rings is 11. The molecule has 0 bridgehead atoms. The van der Waals surface area contributed by atoms with Crippen molar-refractivity contribution in [1.82, 2.24) is 0 Å². The van der Waals surface area contributed by atoms with Gasteiger partial charge in [-0.05, 0) is 126 Å². The zero-order valence-electron chi connectivity index (χ0n) is 32.7. The highest BCUT2D eigenvalue weighted by atomic mass is 16.3. The zero-order chi connectivity index (χ0) is 39.6. The molecule has 2 heteroatoms. The molecule has 2 nitrogen and oxygen atoms in total. The van der Waals surface area contributed by atoms with Gasteiger partial charge in [-0.3, -0.25) is 0 Å². The zero-order valence-corrected chi connectivity index (χ0v) is 32.7. The Labute approximate surface area is 347 Å². The summed E-state index contributed by atoms with van der Waals surface area (Å²) >= 11 is 0. The highest BCUT2D eigenvalue weighted by Gasteiger charge is 2.19. The summed E-state index contributed by atoms with van der Waals surface area (Å²) in [5.41, 5.74) is 12.1. The van der Waals surface area contributed by atoms with Crippen LogP contribution in [0, 0.1) is 0 Å². The largest absolute Gasteiger partial charge is 0.456 e. The summed E-state index contributed by atoms with van der Waals surface area (Å²) in [5, 5.41) is 12.5. The molecule has 1 heterocycles. The average Bonchev–Trinajstić information content (AvgIpc) is 3.70. The van der Waals surface area contributed by atoms with Crippen molar-refractivity contribution in [2.24, 2.45) is 0 Å². The van der Waals surface area contributed by atoms with E-state index in [1.165, 1.54) is 65.3 Å². The van der Waals surface area contributed by atoms with E-state index in [0.717, 1.165) is 50.1 Å². The van der Waals surface area contributed by atoms with Crippen molar-refractivity contribution < 1.29 is 4.42 Å². The molecule has 0 radical (unpaired) electrons. The van der Waals surface area contributed by atoms with Crippen LogP contribution in [0.3, 0.4) is 0 Å². The van der Waals surface area contributed by atoms with Crippen LogP contribution in [0.15, 0.2) is 229 Å². The number of fused-ring (bicyclic) bond motifs is 10. The maximum Gasteiger partial charge on any atom is 0.136 e. The van der Waals surface area contributed by atoms with Crippen LogP contribution in [0.5, 0.6) is 0 Å². The number of hydrogen-bond donors (Lipinski definition) is 0. The van der Waals surface area contributed by atoms with Gasteiger partial charge in [-0.15, -0.1) is 0 Å². The molecule has 0 saturated heterocycles. The lowest BCUT2D eigenvalue weighted by molar-refractivity contribution is 0.669. The van der Waals surface area contributed by atoms with Gasteiger partial charge in [-0.25, -0.2) is 0 Å². The fourth-order valence-corrected chi connectivity index (χ4v) is 9.39. The second-order valence-electron chi connectivity index (χ2n) is 15.6. The van der Waals surface area contributed by atoms with Crippen LogP contribution >= 0.6 is 0 Å². The Morgan fingerprint density at radius 1 is 0.283 bits per heavy atom. The lowest BCUT2D eigenvalue weighted by Gasteiger charge is -2.28. The molecule has 60 heavy (non-hydrogen) atoms. The van der Waals surface area contributed by atoms with Gasteiger partial charge in [-0.1, -0.05) is 170 Å². The maximum atomic E-state index is 6.26. The molecular formula is C58H37NO.